The zero-order chi connectivity index (χ0) is 14.7. The van der Waals surface area contributed by atoms with E-state index in [1.807, 2.05) is 0 Å². The molecule has 2 aromatic rings. The molecule has 0 aliphatic rings. The van der Waals surface area contributed by atoms with Gasteiger partial charge in [0.15, 0.2) is 0 Å². The van der Waals surface area contributed by atoms with Crippen LogP contribution in [0.15, 0.2) is 28.8 Å². The number of aromatic carboxylic acids is 1. The van der Waals surface area contributed by atoms with Gasteiger partial charge in [-0.05, 0) is 19.1 Å². The van der Waals surface area contributed by atoms with E-state index in [9.17, 15) is 9.59 Å². The Morgan fingerprint density at radius 2 is 2.10 bits per heavy atom. The molecule has 7 heteroatoms. The second-order valence-electron chi connectivity index (χ2n) is 4.00. The number of carboxylic acid groups (broad SMARTS) is 1. The van der Waals surface area contributed by atoms with Crippen molar-refractivity contribution in [3.63, 3.8) is 0 Å². The highest BCUT2D eigenvalue weighted by atomic mass is 16.5. The van der Waals surface area contributed by atoms with Crippen LogP contribution in [0.2, 0.25) is 0 Å². The van der Waals surface area contributed by atoms with Crippen LogP contribution in [0.25, 0.3) is 0 Å². The molecule has 1 aromatic carbocycles. The number of carbonyl (C=O) groups excluding carboxylic acids is 1. The van der Waals surface area contributed by atoms with Gasteiger partial charge in [0.05, 0.1) is 24.1 Å². The van der Waals surface area contributed by atoms with Crippen LogP contribution in [0.4, 0.5) is 5.69 Å². The molecule has 0 spiro atoms. The summed E-state index contributed by atoms with van der Waals surface area (Å²) in [5, 5.41) is 15.1. The van der Waals surface area contributed by atoms with Crippen LogP contribution < -0.4 is 10.1 Å². The van der Waals surface area contributed by atoms with Crippen molar-refractivity contribution >= 4 is 17.6 Å². The molecule has 0 atom stereocenters. The average Bonchev–Trinajstić information content (AvgIpc) is 2.85. The largest absolute Gasteiger partial charge is 0.497 e. The summed E-state index contributed by atoms with van der Waals surface area (Å²) in [6, 6.07) is 5.72. The van der Waals surface area contributed by atoms with Gasteiger partial charge in [-0.1, -0.05) is 5.16 Å². The van der Waals surface area contributed by atoms with Gasteiger partial charge in [0, 0.05) is 12.1 Å². The molecule has 2 N–H and O–H groups in total. The highest BCUT2D eigenvalue weighted by Crippen LogP contribution is 2.23. The molecule has 2 rings (SSSR count). The third-order valence-electron chi connectivity index (χ3n) is 2.56. The summed E-state index contributed by atoms with van der Waals surface area (Å²) in [5.74, 6) is -1.31. The zero-order valence-electron chi connectivity index (χ0n) is 10.8. The maximum atomic E-state index is 11.9. The van der Waals surface area contributed by atoms with E-state index in [2.05, 4.69) is 10.5 Å². The molecule has 0 aliphatic carbocycles. The topological polar surface area (TPSA) is 102 Å². The van der Waals surface area contributed by atoms with E-state index < -0.39 is 11.9 Å². The number of ether oxygens (including phenoxy) is 1. The number of nitrogens with zero attached hydrogens (tertiary/aromatic N) is 1. The van der Waals surface area contributed by atoms with Crippen molar-refractivity contribution in [3.8, 4) is 5.75 Å². The number of amides is 1. The van der Waals surface area contributed by atoms with Gasteiger partial charge in [0.2, 0.25) is 5.76 Å². The quantitative estimate of drug-likeness (QED) is 0.884. The van der Waals surface area contributed by atoms with E-state index in [1.54, 1.807) is 6.92 Å². The Hall–Kier alpha value is -2.83. The number of anilines is 1. The number of hydrogen-bond donors (Lipinski definition) is 2. The highest BCUT2D eigenvalue weighted by molar-refractivity contribution is 6.06. The van der Waals surface area contributed by atoms with E-state index in [0.29, 0.717) is 11.4 Å². The summed E-state index contributed by atoms with van der Waals surface area (Å²) >= 11 is 0. The smallest absolute Gasteiger partial charge is 0.337 e. The van der Waals surface area contributed by atoms with E-state index in [1.165, 1.54) is 31.4 Å². The maximum Gasteiger partial charge on any atom is 0.337 e. The van der Waals surface area contributed by atoms with Crippen molar-refractivity contribution in [3.05, 3.63) is 41.3 Å². The van der Waals surface area contributed by atoms with E-state index in [4.69, 9.17) is 14.4 Å². The lowest BCUT2D eigenvalue weighted by Crippen LogP contribution is -2.14. The second kappa shape index (κ2) is 5.43. The minimum atomic E-state index is -1.16. The molecule has 0 unspecified atom stereocenters. The molecule has 1 heterocycles. The first kappa shape index (κ1) is 13.6. The minimum absolute atomic E-state index is 0.00154. The lowest BCUT2D eigenvalue weighted by atomic mass is 10.1. The Kier molecular flexibility index (Phi) is 3.69. The summed E-state index contributed by atoms with van der Waals surface area (Å²) in [5.41, 5.74) is 0.630. The van der Waals surface area contributed by atoms with Crippen molar-refractivity contribution in [2.75, 3.05) is 12.4 Å². The number of rotatable bonds is 4. The lowest BCUT2D eigenvalue weighted by Gasteiger charge is -2.09. The van der Waals surface area contributed by atoms with E-state index >= 15 is 0 Å². The summed E-state index contributed by atoms with van der Waals surface area (Å²) in [7, 11) is 1.45. The minimum Gasteiger partial charge on any atom is -0.497 e. The summed E-state index contributed by atoms with van der Waals surface area (Å²) in [6.45, 7) is 1.68. The third kappa shape index (κ3) is 2.77. The van der Waals surface area contributed by atoms with Gasteiger partial charge in [-0.3, -0.25) is 4.79 Å². The fourth-order valence-electron chi connectivity index (χ4n) is 1.59. The number of nitrogens with one attached hydrogen (secondary N) is 1. The van der Waals surface area contributed by atoms with Crippen molar-refractivity contribution in [2.24, 2.45) is 0 Å². The van der Waals surface area contributed by atoms with Gasteiger partial charge in [-0.15, -0.1) is 0 Å². The summed E-state index contributed by atoms with van der Waals surface area (Å²) < 4.78 is 9.82. The first-order chi connectivity index (χ1) is 9.51. The molecule has 0 bridgehead atoms. The molecule has 1 amide bonds. The van der Waals surface area contributed by atoms with Crippen LogP contribution in [-0.4, -0.2) is 29.2 Å². The normalized spacial score (nSPS) is 10.1. The van der Waals surface area contributed by atoms with Gasteiger partial charge >= 0.3 is 5.97 Å². The molecule has 20 heavy (non-hydrogen) atoms. The number of methoxy groups -OCH3 is 1. The van der Waals surface area contributed by atoms with E-state index in [0.717, 1.165) is 0 Å². The molecular weight excluding hydrogens is 264 g/mol. The number of carboxylic acids is 1. The van der Waals surface area contributed by atoms with Crippen LogP contribution in [0.3, 0.4) is 0 Å². The molecule has 104 valence electrons. The zero-order valence-corrected chi connectivity index (χ0v) is 10.8. The van der Waals surface area contributed by atoms with Gasteiger partial charge in [-0.2, -0.15) is 0 Å². The second-order valence-corrected chi connectivity index (χ2v) is 4.00. The molecule has 1 aromatic heterocycles. The predicted octanol–water partition coefficient (Wildman–Crippen LogP) is 1.94. The Balaban J connectivity index is 2.31. The Morgan fingerprint density at radius 3 is 2.65 bits per heavy atom. The average molecular weight is 276 g/mol. The van der Waals surface area contributed by atoms with Crippen LogP contribution >= 0.6 is 0 Å². The number of aromatic nitrogens is 1. The molecule has 0 fully saturated rings. The van der Waals surface area contributed by atoms with Crippen molar-refractivity contribution < 1.29 is 24.0 Å². The first-order valence-corrected chi connectivity index (χ1v) is 5.67. The summed E-state index contributed by atoms with van der Waals surface area (Å²) in [4.78, 5) is 23.0. The number of carbonyl (C=O) groups is 2. The Morgan fingerprint density at radius 1 is 1.35 bits per heavy atom. The standard InChI is InChI=1S/C13H12N2O5/c1-7-5-11(20-15-7)12(16)14-10-6-8(19-2)3-4-9(10)13(17)18/h3-6H,1-2H3,(H,14,16)(H,17,18). The lowest BCUT2D eigenvalue weighted by molar-refractivity contribution is 0.0698. The number of hydrogen-bond acceptors (Lipinski definition) is 5. The van der Waals surface area contributed by atoms with Gasteiger partial charge in [0.1, 0.15) is 5.75 Å². The number of aryl methyl sites for hydroxylation is 1. The van der Waals surface area contributed by atoms with Crippen LogP contribution in [0.5, 0.6) is 5.75 Å². The number of benzene rings is 1. The fraction of sp³-hybridized carbons (Fsp3) is 0.154. The summed E-state index contributed by atoms with van der Waals surface area (Å²) in [6.07, 6.45) is 0. The molecule has 0 aliphatic heterocycles. The first-order valence-electron chi connectivity index (χ1n) is 5.67. The van der Waals surface area contributed by atoms with Crippen molar-refractivity contribution in [1.82, 2.24) is 5.16 Å². The van der Waals surface area contributed by atoms with Crippen LogP contribution in [0.1, 0.15) is 26.6 Å². The maximum absolute atomic E-state index is 11.9. The predicted molar refractivity (Wildman–Crippen MR) is 69.1 cm³/mol. The third-order valence-corrected chi connectivity index (χ3v) is 2.56. The monoisotopic (exact) mass is 276 g/mol. The van der Waals surface area contributed by atoms with Gasteiger partial charge in [0.25, 0.3) is 5.91 Å². The molecule has 0 saturated heterocycles. The molecular formula is C13H12N2O5. The van der Waals surface area contributed by atoms with E-state index in [-0.39, 0.29) is 17.0 Å². The van der Waals surface area contributed by atoms with Crippen LogP contribution in [-0.2, 0) is 0 Å². The molecule has 0 saturated carbocycles. The van der Waals surface area contributed by atoms with Gasteiger partial charge < -0.3 is 19.7 Å². The highest BCUT2D eigenvalue weighted by Gasteiger charge is 2.17. The molecule has 7 nitrogen and oxygen atoms in total. The molecule has 0 radical (unpaired) electrons. The van der Waals surface area contributed by atoms with Crippen molar-refractivity contribution in [2.45, 2.75) is 6.92 Å². The van der Waals surface area contributed by atoms with Crippen molar-refractivity contribution in [1.29, 1.82) is 0 Å². The van der Waals surface area contributed by atoms with Crippen LogP contribution in [0, 0.1) is 6.92 Å². The Bertz CT molecular complexity index is 663. The Labute approximate surface area is 114 Å². The SMILES string of the molecule is COc1ccc(C(=O)O)c(NC(=O)c2cc(C)no2)c1. The fourth-order valence-corrected chi connectivity index (χ4v) is 1.59. The van der Waals surface area contributed by atoms with Gasteiger partial charge in [-0.25, -0.2) is 4.79 Å².